The number of hydrogen-bond donors (Lipinski definition) is 1. The maximum Gasteiger partial charge on any atom is 0.255 e. The zero-order valence-electron chi connectivity index (χ0n) is 12.1. The molecule has 2 rings (SSSR count). The highest BCUT2D eigenvalue weighted by Crippen LogP contribution is 2.22. The van der Waals surface area contributed by atoms with Gasteiger partial charge in [-0.1, -0.05) is 15.9 Å². The van der Waals surface area contributed by atoms with Crippen molar-refractivity contribution in [2.75, 3.05) is 39.5 Å². The first-order valence-electron chi connectivity index (χ1n) is 6.96. The molecule has 0 spiro atoms. The molecule has 1 heterocycles. The maximum absolute atomic E-state index is 12.4. The van der Waals surface area contributed by atoms with Crippen molar-refractivity contribution in [1.29, 1.82) is 0 Å². The van der Waals surface area contributed by atoms with E-state index in [0.717, 1.165) is 36.9 Å². The molecular formula is C15H22BrN3O. The van der Waals surface area contributed by atoms with Crippen molar-refractivity contribution in [3.05, 3.63) is 28.2 Å². The Morgan fingerprint density at radius 3 is 2.70 bits per heavy atom. The number of rotatable bonds is 3. The van der Waals surface area contributed by atoms with Crippen LogP contribution in [0, 0.1) is 5.92 Å². The second kappa shape index (κ2) is 6.59. The summed E-state index contributed by atoms with van der Waals surface area (Å²) >= 11 is 3.36. The van der Waals surface area contributed by atoms with Crippen LogP contribution in [-0.4, -0.2) is 49.4 Å². The van der Waals surface area contributed by atoms with Gasteiger partial charge in [-0.3, -0.25) is 4.79 Å². The summed E-state index contributed by atoms with van der Waals surface area (Å²) in [6.07, 6.45) is 2.31. The van der Waals surface area contributed by atoms with Gasteiger partial charge in [-0.15, -0.1) is 0 Å². The number of nitrogens with zero attached hydrogens (tertiary/aromatic N) is 2. The summed E-state index contributed by atoms with van der Waals surface area (Å²) < 4.78 is 0.893. The molecule has 4 nitrogen and oxygen atoms in total. The van der Waals surface area contributed by atoms with Crippen LogP contribution >= 0.6 is 15.9 Å². The van der Waals surface area contributed by atoms with Crippen LogP contribution in [0.1, 0.15) is 23.2 Å². The standard InChI is InChI=1S/C15H22BrN3O/c1-18-7-5-11(6-8-18)10-19(2)15(20)13-4-3-12(16)9-14(13)17/h3-4,9,11H,5-8,10,17H2,1-2H3. The molecule has 0 aromatic heterocycles. The third-order valence-corrected chi connectivity index (χ3v) is 4.45. The average Bonchev–Trinajstić information content (AvgIpc) is 2.40. The Morgan fingerprint density at radius 1 is 1.45 bits per heavy atom. The number of anilines is 1. The Balaban J connectivity index is 1.98. The van der Waals surface area contributed by atoms with E-state index < -0.39 is 0 Å². The lowest BCUT2D eigenvalue weighted by Gasteiger charge is -2.31. The second-order valence-electron chi connectivity index (χ2n) is 5.66. The Hall–Kier alpha value is -1.07. The van der Waals surface area contributed by atoms with Crippen molar-refractivity contribution < 1.29 is 4.79 Å². The molecule has 0 bridgehead atoms. The number of nitrogen functional groups attached to an aromatic ring is 1. The summed E-state index contributed by atoms with van der Waals surface area (Å²) in [5.41, 5.74) is 7.04. The molecule has 1 saturated heterocycles. The number of amides is 1. The summed E-state index contributed by atoms with van der Waals surface area (Å²) in [5, 5.41) is 0. The van der Waals surface area contributed by atoms with Crippen molar-refractivity contribution in [2.24, 2.45) is 5.92 Å². The van der Waals surface area contributed by atoms with Crippen molar-refractivity contribution in [3.8, 4) is 0 Å². The van der Waals surface area contributed by atoms with Gasteiger partial charge in [0.2, 0.25) is 0 Å². The molecule has 1 aliphatic heterocycles. The molecule has 1 amide bonds. The van der Waals surface area contributed by atoms with Crippen LogP contribution in [0.4, 0.5) is 5.69 Å². The molecule has 20 heavy (non-hydrogen) atoms. The topological polar surface area (TPSA) is 49.6 Å². The number of carbonyl (C=O) groups is 1. The van der Waals surface area contributed by atoms with E-state index in [1.807, 2.05) is 13.1 Å². The van der Waals surface area contributed by atoms with Gasteiger partial charge < -0.3 is 15.5 Å². The van der Waals surface area contributed by atoms with Crippen molar-refractivity contribution in [3.63, 3.8) is 0 Å². The molecule has 0 radical (unpaired) electrons. The smallest absolute Gasteiger partial charge is 0.255 e. The minimum absolute atomic E-state index is 0.00827. The number of carbonyl (C=O) groups excluding carboxylic acids is 1. The average molecular weight is 340 g/mol. The first-order valence-corrected chi connectivity index (χ1v) is 7.75. The highest BCUT2D eigenvalue weighted by Gasteiger charge is 2.21. The predicted octanol–water partition coefficient (Wildman–Crippen LogP) is 2.45. The van der Waals surface area contributed by atoms with Crippen LogP contribution in [0.5, 0.6) is 0 Å². The lowest BCUT2D eigenvalue weighted by Crippen LogP contribution is -2.38. The lowest BCUT2D eigenvalue weighted by molar-refractivity contribution is 0.0748. The van der Waals surface area contributed by atoms with Gasteiger partial charge >= 0.3 is 0 Å². The van der Waals surface area contributed by atoms with Gasteiger partial charge in [0.15, 0.2) is 0 Å². The minimum atomic E-state index is 0.00827. The molecule has 1 aromatic rings. The van der Waals surface area contributed by atoms with Crippen molar-refractivity contribution in [2.45, 2.75) is 12.8 Å². The molecule has 2 N–H and O–H groups in total. The van der Waals surface area contributed by atoms with Crippen LogP contribution in [0.2, 0.25) is 0 Å². The normalized spacial score (nSPS) is 17.1. The summed E-state index contributed by atoms with van der Waals surface area (Å²) in [6.45, 7) is 3.04. The fourth-order valence-corrected chi connectivity index (χ4v) is 3.03. The van der Waals surface area contributed by atoms with E-state index >= 15 is 0 Å². The number of halogens is 1. The first kappa shape index (κ1) is 15.3. The Labute approximate surface area is 129 Å². The molecule has 5 heteroatoms. The van der Waals surface area contributed by atoms with E-state index in [9.17, 15) is 4.79 Å². The van der Waals surface area contributed by atoms with Gasteiger partial charge in [-0.25, -0.2) is 0 Å². The van der Waals surface area contributed by atoms with Gasteiger partial charge in [-0.2, -0.15) is 0 Å². The molecule has 1 fully saturated rings. The van der Waals surface area contributed by atoms with Crippen LogP contribution in [0.15, 0.2) is 22.7 Å². The fourth-order valence-electron chi connectivity index (χ4n) is 2.65. The molecular weight excluding hydrogens is 318 g/mol. The van der Waals surface area contributed by atoms with Crippen molar-refractivity contribution in [1.82, 2.24) is 9.80 Å². The Bertz CT molecular complexity index is 484. The lowest BCUT2D eigenvalue weighted by atomic mass is 9.96. The van der Waals surface area contributed by atoms with Crippen LogP contribution < -0.4 is 5.73 Å². The summed E-state index contributed by atoms with van der Waals surface area (Å²) in [5.74, 6) is 0.603. The van der Waals surface area contributed by atoms with E-state index in [1.54, 1.807) is 17.0 Å². The molecule has 1 aliphatic rings. The summed E-state index contributed by atoms with van der Waals surface area (Å²) in [4.78, 5) is 16.6. The van der Waals surface area contributed by atoms with E-state index in [0.29, 0.717) is 17.2 Å². The quantitative estimate of drug-likeness (QED) is 0.860. The molecule has 110 valence electrons. The maximum atomic E-state index is 12.4. The van der Waals surface area contributed by atoms with Gasteiger partial charge in [0, 0.05) is 23.8 Å². The highest BCUT2D eigenvalue weighted by atomic mass is 79.9. The third-order valence-electron chi connectivity index (χ3n) is 3.96. The molecule has 0 aliphatic carbocycles. The Morgan fingerprint density at radius 2 is 2.10 bits per heavy atom. The zero-order valence-corrected chi connectivity index (χ0v) is 13.7. The SMILES string of the molecule is CN1CCC(CN(C)C(=O)c2ccc(Br)cc2N)CC1. The van der Waals surface area contributed by atoms with Crippen molar-refractivity contribution >= 4 is 27.5 Å². The summed E-state index contributed by atoms with van der Waals surface area (Å²) in [7, 11) is 4.01. The van der Waals surface area contributed by atoms with Gasteiger partial charge in [-0.05, 0) is 57.1 Å². The van der Waals surface area contributed by atoms with Gasteiger partial charge in [0.1, 0.15) is 0 Å². The molecule has 0 saturated carbocycles. The van der Waals surface area contributed by atoms with E-state index in [4.69, 9.17) is 5.73 Å². The van der Waals surface area contributed by atoms with E-state index in [2.05, 4.69) is 27.9 Å². The molecule has 1 aromatic carbocycles. The second-order valence-corrected chi connectivity index (χ2v) is 6.58. The van der Waals surface area contributed by atoms with Crippen LogP contribution in [0.3, 0.4) is 0 Å². The Kier molecular flexibility index (Phi) is 5.05. The van der Waals surface area contributed by atoms with Gasteiger partial charge in [0.25, 0.3) is 5.91 Å². The van der Waals surface area contributed by atoms with E-state index in [1.165, 1.54) is 0 Å². The van der Waals surface area contributed by atoms with Gasteiger partial charge in [0.05, 0.1) is 5.56 Å². The highest BCUT2D eigenvalue weighted by molar-refractivity contribution is 9.10. The van der Waals surface area contributed by atoms with E-state index in [-0.39, 0.29) is 5.91 Å². The largest absolute Gasteiger partial charge is 0.398 e. The molecule has 0 unspecified atom stereocenters. The number of benzene rings is 1. The summed E-state index contributed by atoms with van der Waals surface area (Å²) in [6, 6.07) is 5.41. The zero-order chi connectivity index (χ0) is 14.7. The third kappa shape index (κ3) is 3.73. The van der Waals surface area contributed by atoms with Crippen LogP contribution in [-0.2, 0) is 0 Å². The predicted molar refractivity (Wildman–Crippen MR) is 85.7 cm³/mol. The van der Waals surface area contributed by atoms with Crippen LogP contribution in [0.25, 0.3) is 0 Å². The first-order chi connectivity index (χ1) is 9.47. The minimum Gasteiger partial charge on any atom is -0.398 e. The number of hydrogen-bond acceptors (Lipinski definition) is 3. The monoisotopic (exact) mass is 339 g/mol. The fraction of sp³-hybridized carbons (Fsp3) is 0.533. The molecule has 0 atom stereocenters. The number of nitrogens with two attached hydrogens (primary N) is 1. The number of piperidine rings is 1. The number of likely N-dealkylation sites (tertiary alicyclic amines) is 1.